The van der Waals surface area contributed by atoms with Crippen molar-refractivity contribution in [2.45, 2.75) is 148 Å². The van der Waals surface area contributed by atoms with Gasteiger partial charge in [-0.05, 0) is 96.6 Å². The molecule has 2 rings (SSSR count). The van der Waals surface area contributed by atoms with Crippen molar-refractivity contribution in [1.82, 2.24) is 36.4 Å². The van der Waals surface area contributed by atoms with Crippen molar-refractivity contribution in [2.75, 3.05) is 19.6 Å². The van der Waals surface area contributed by atoms with Crippen LogP contribution in [0, 0.1) is 5.92 Å². The van der Waals surface area contributed by atoms with Gasteiger partial charge in [-0.15, -0.1) is 0 Å². The molecule has 8 amide bonds. The van der Waals surface area contributed by atoms with Crippen LogP contribution in [-0.2, 0) is 49.6 Å². The average Bonchev–Trinajstić information content (AvgIpc) is 3.74. The molecule has 14 N–H and O–H groups in total. The zero-order valence-corrected chi connectivity index (χ0v) is 38.3. The minimum Gasteiger partial charge on any atom is -0.480 e. The van der Waals surface area contributed by atoms with Gasteiger partial charge in [-0.1, -0.05) is 44.2 Å². The van der Waals surface area contributed by atoms with E-state index in [1.54, 1.807) is 24.3 Å². The van der Waals surface area contributed by atoms with Crippen molar-refractivity contribution in [3.63, 3.8) is 0 Å². The molecule has 0 saturated carbocycles. The molecule has 22 heteroatoms. The number of carboxylic acids is 1. The van der Waals surface area contributed by atoms with E-state index in [0.29, 0.717) is 25.8 Å². The summed E-state index contributed by atoms with van der Waals surface area (Å²) in [5.41, 5.74) is 23.4. The standard InChI is InChI=1S/C43H70N12O10/c1-24(2)22-32(38(60)51-26(4)36(58)49-25(3)35(57)50-27(5)37(59)52-31(42(64)65)16-12-20-48-43(46)47)53-39(61)33-18-13-21-54(33)41(63)34(17-10-11-19-44)55(28(6)56)40(62)30(45)23-29-14-8-7-9-15-29/h7-9,14-15,24-27,30-34H,10-13,16-23,44-45H2,1-6H3,(H,49,58)(H,50,57)(H,51,60)(H,52,59)(H,53,61)(H,64,65)(H4,46,47,48)/t25-,26-,27+,30-,31-,32-,33-,34-/m0/s1. The number of nitrogens with zero attached hydrogens (tertiary/aromatic N) is 3. The first kappa shape index (κ1) is 55.0. The third kappa shape index (κ3) is 18.1. The summed E-state index contributed by atoms with van der Waals surface area (Å²) in [4.78, 5) is 125. The number of imide groups is 1. The van der Waals surface area contributed by atoms with Gasteiger partial charge >= 0.3 is 5.97 Å². The van der Waals surface area contributed by atoms with Crippen LogP contribution in [0.15, 0.2) is 35.3 Å². The fourth-order valence-electron chi connectivity index (χ4n) is 7.22. The molecule has 0 aliphatic carbocycles. The molecule has 1 aliphatic rings. The Labute approximate surface area is 380 Å². The fourth-order valence-corrected chi connectivity index (χ4v) is 7.22. The number of nitrogens with two attached hydrogens (primary N) is 4. The summed E-state index contributed by atoms with van der Waals surface area (Å²) in [6.07, 6.45) is 2.23. The zero-order valence-electron chi connectivity index (χ0n) is 38.3. The highest BCUT2D eigenvalue weighted by molar-refractivity contribution is 6.03. The van der Waals surface area contributed by atoms with E-state index in [2.05, 4.69) is 31.6 Å². The van der Waals surface area contributed by atoms with Gasteiger partial charge in [0.05, 0.1) is 6.04 Å². The third-order valence-corrected chi connectivity index (χ3v) is 10.7. The van der Waals surface area contributed by atoms with Gasteiger partial charge in [0.25, 0.3) is 0 Å². The number of amides is 8. The van der Waals surface area contributed by atoms with E-state index in [0.717, 1.165) is 10.5 Å². The Balaban J connectivity index is 2.13. The molecule has 1 heterocycles. The van der Waals surface area contributed by atoms with Crippen LogP contribution in [-0.4, -0.2) is 142 Å². The molecule has 0 spiro atoms. The molecule has 0 bridgehead atoms. The van der Waals surface area contributed by atoms with Crippen LogP contribution >= 0.6 is 0 Å². The molecule has 22 nitrogen and oxygen atoms in total. The Morgan fingerprint density at radius 1 is 0.785 bits per heavy atom. The number of likely N-dealkylation sites (tertiary alicyclic amines) is 1. The van der Waals surface area contributed by atoms with E-state index in [-0.39, 0.29) is 63.5 Å². The van der Waals surface area contributed by atoms with E-state index in [1.807, 2.05) is 19.9 Å². The number of carboxylic acid groups (broad SMARTS) is 1. The van der Waals surface area contributed by atoms with Crippen molar-refractivity contribution in [1.29, 1.82) is 0 Å². The number of aliphatic carboxylic acids is 1. The molecule has 0 aromatic heterocycles. The Hall–Kier alpha value is -6.16. The third-order valence-electron chi connectivity index (χ3n) is 10.7. The summed E-state index contributed by atoms with van der Waals surface area (Å²) in [5.74, 6) is -7.26. The first-order valence-corrected chi connectivity index (χ1v) is 22.0. The highest BCUT2D eigenvalue weighted by Crippen LogP contribution is 2.24. The highest BCUT2D eigenvalue weighted by atomic mass is 16.4. The van der Waals surface area contributed by atoms with Crippen molar-refractivity contribution in [3.8, 4) is 0 Å². The Morgan fingerprint density at radius 2 is 1.35 bits per heavy atom. The van der Waals surface area contributed by atoms with Crippen LogP contribution in [0.1, 0.15) is 98.5 Å². The Morgan fingerprint density at radius 3 is 1.88 bits per heavy atom. The smallest absolute Gasteiger partial charge is 0.326 e. The van der Waals surface area contributed by atoms with Crippen LogP contribution in [0.2, 0.25) is 0 Å². The maximum atomic E-state index is 14.4. The monoisotopic (exact) mass is 915 g/mol. The number of carbonyl (C=O) groups excluding carboxylic acids is 8. The predicted octanol–water partition coefficient (Wildman–Crippen LogP) is -1.91. The van der Waals surface area contributed by atoms with Gasteiger partial charge in [0.1, 0.15) is 42.3 Å². The van der Waals surface area contributed by atoms with Crippen molar-refractivity contribution < 1.29 is 48.3 Å². The number of hydrogen-bond acceptors (Lipinski definition) is 12. The van der Waals surface area contributed by atoms with Crippen molar-refractivity contribution in [3.05, 3.63) is 35.9 Å². The van der Waals surface area contributed by atoms with Gasteiger partial charge in [0.2, 0.25) is 47.3 Å². The molecule has 65 heavy (non-hydrogen) atoms. The molecule has 362 valence electrons. The molecule has 1 saturated heterocycles. The van der Waals surface area contributed by atoms with Crippen molar-refractivity contribution >= 4 is 59.2 Å². The highest BCUT2D eigenvalue weighted by Gasteiger charge is 2.43. The van der Waals surface area contributed by atoms with Crippen LogP contribution in [0.4, 0.5) is 0 Å². The van der Waals surface area contributed by atoms with E-state index in [4.69, 9.17) is 22.9 Å². The normalized spacial score (nSPS) is 16.6. The Bertz CT molecular complexity index is 1840. The van der Waals surface area contributed by atoms with Gasteiger partial charge in [-0.3, -0.25) is 48.2 Å². The first-order valence-electron chi connectivity index (χ1n) is 22.0. The lowest BCUT2D eigenvalue weighted by Crippen LogP contribution is -2.60. The van der Waals surface area contributed by atoms with Crippen molar-refractivity contribution in [2.24, 2.45) is 33.8 Å². The first-order chi connectivity index (χ1) is 30.6. The molecule has 1 aromatic carbocycles. The lowest BCUT2D eigenvalue weighted by molar-refractivity contribution is -0.156. The van der Waals surface area contributed by atoms with Gasteiger partial charge in [0.15, 0.2) is 5.96 Å². The summed E-state index contributed by atoms with van der Waals surface area (Å²) in [7, 11) is 0. The summed E-state index contributed by atoms with van der Waals surface area (Å²) in [6, 6.07) is -0.452. The molecule has 1 fully saturated rings. The number of nitrogens with one attached hydrogen (secondary N) is 5. The number of benzene rings is 1. The molecule has 1 aliphatic heterocycles. The van der Waals surface area contributed by atoms with E-state index < -0.39 is 102 Å². The predicted molar refractivity (Wildman–Crippen MR) is 241 cm³/mol. The molecular formula is C43H70N12O10. The molecule has 1 aromatic rings. The summed E-state index contributed by atoms with van der Waals surface area (Å²) in [5, 5.41) is 22.1. The minimum absolute atomic E-state index is 0.0157. The topological polar surface area (TPSA) is 357 Å². The van der Waals surface area contributed by atoms with Gasteiger partial charge in [-0.25, -0.2) is 4.79 Å². The number of carbonyl (C=O) groups is 9. The quantitative estimate of drug-likeness (QED) is 0.0276. The molecule has 0 radical (unpaired) electrons. The number of rotatable bonds is 26. The zero-order chi connectivity index (χ0) is 49.0. The second kappa shape index (κ2) is 27.2. The number of aliphatic imine (C=N–C) groups is 1. The second-order valence-corrected chi connectivity index (χ2v) is 16.7. The largest absolute Gasteiger partial charge is 0.480 e. The number of hydrogen-bond donors (Lipinski definition) is 10. The van der Waals surface area contributed by atoms with Gasteiger partial charge in [-0.2, -0.15) is 0 Å². The molecule has 8 atom stereocenters. The maximum Gasteiger partial charge on any atom is 0.326 e. The number of guanidine groups is 1. The van der Waals surface area contributed by atoms with E-state index >= 15 is 0 Å². The Kier molecular flexibility index (Phi) is 23.0. The van der Waals surface area contributed by atoms with Gasteiger partial charge in [0, 0.05) is 20.0 Å². The second-order valence-electron chi connectivity index (χ2n) is 16.7. The van der Waals surface area contributed by atoms with E-state index in [9.17, 15) is 48.3 Å². The summed E-state index contributed by atoms with van der Waals surface area (Å²) >= 11 is 0. The summed E-state index contributed by atoms with van der Waals surface area (Å²) in [6.45, 7) is 9.50. The van der Waals surface area contributed by atoms with Gasteiger partial charge < -0.3 is 59.5 Å². The van der Waals surface area contributed by atoms with Crippen LogP contribution in [0.5, 0.6) is 0 Å². The molecular weight excluding hydrogens is 845 g/mol. The van der Waals surface area contributed by atoms with Crippen LogP contribution < -0.4 is 49.5 Å². The lowest BCUT2D eigenvalue weighted by Gasteiger charge is -2.35. The molecule has 0 unspecified atom stereocenters. The van der Waals surface area contributed by atoms with Crippen LogP contribution in [0.25, 0.3) is 0 Å². The van der Waals surface area contributed by atoms with Crippen LogP contribution in [0.3, 0.4) is 0 Å². The maximum absolute atomic E-state index is 14.4. The minimum atomic E-state index is -1.30. The number of unbranched alkanes of at least 4 members (excludes halogenated alkanes) is 1. The SMILES string of the molecule is CC(=O)N(C(=O)[C@@H](N)Cc1ccccc1)[C@@H](CCCCN)C(=O)N1CCC[C@H]1C(=O)N[C@@H](CC(C)C)C(=O)N[C@@H](C)C(=O)N[C@@H](C)C(=O)N[C@H](C)C(=O)N[C@@H](CCCN=C(N)N)C(=O)O. The fraction of sp³-hybridized carbons (Fsp3) is 0.628. The summed E-state index contributed by atoms with van der Waals surface area (Å²) < 4.78 is 0. The van der Waals surface area contributed by atoms with E-state index in [1.165, 1.54) is 32.6 Å². The lowest BCUT2D eigenvalue weighted by atomic mass is 10.0. The average molecular weight is 915 g/mol.